The second-order valence-corrected chi connectivity index (χ2v) is 4.45. The largest absolute Gasteiger partial charge is 0.480 e. The van der Waals surface area contributed by atoms with Crippen LogP contribution in [0.3, 0.4) is 0 Å². The van der Waals surface area contributed by atoms with E-state index in [1.54, 1.807) is 13.8 Å². The van der Waals surface area contributed by atoms with Crippen molar-refractivity contribution in [2.24, 2.45) is 5.92 Å². The summed E-state index contributed by atoms with van der Waals surface area (Å²) >= 11 is 0. The Balaban J connectivity index is 3.11. The SMILES string of the molecule is CC(C)[C@H](NC(=O)c1cc(F)ccc1[N+](=O)[O-])C(=O)O. The first kappa shape index (κ1) is 15.5. The Bertz CT molecular complexity index is 559. The van der Waals surface area contributed by atoms with Crippen LogP contribution >= 0.6 is 0 Å². The fraction of sp³-hybridized carbons (Fsp3) is 0.333. The van der Waals surface area contributed by atoms with Crippen LogP contribution in [0.25, 0.3) is 0 Å². The van der Waals surface area contributed by atoms with Gasteiger partial charge in [-0.3, -0.25) is 14.9 Å². The zero-order chi connectivity index (χ0) is 15.4. The molecule has 1 amide bonds. The highest BCUT2D eigenvalue weighted by Gasteiger charge is 2.27. The minimum absolute atomic E-state index is 0.427. The maximum Gasteiger partial charge on any atom is 0.326 e. The van der Waals surface area contributed by atoms with Crippen LogP contribution in [-0.4, -0.2) is 27.9 Å². The van der Waals surface area contributed by atoms with Gasteiger partial charge in [0.15, 0.2) is 0 Å². The summed E-state index contributed by atoms with van der Waals surface area (Å²) in [5.74, 6) is -3.52. The van der Waals surface area contributed by atoms with E-state index in [4.69, 9.17) is 5.11 Å². The van der Waals surface area contributed by atoms with Gasteiger partial charge in [-0.25, -0.2) is 9.18 Å². The molecule has 0 fully saturated rings. The Morgan fingerprint density at radius 2 is 2.00 bits per heavy atom. The first-order valence-electron chi connectivity index (χ1n) is 5.71. The van der Waals surface area contributed by atoms with E-state index in [1.165, 1.54) is 0 Å². The molecule has 0 aliphatic rings. The molecule has 1 rings (SSSR count). The summed E-state index contributed by atoms with van der Waals surface area (Å²) in [7, 11) is 0. The highest BCUT2D eigenvalue weighted by Crippen LogP contribution is 2.20. The van der Waals surface area contributed by atoms with Gasteiger partial charge in [-0.05, 0) is 18.1 Å². The van der Waals surface area contributed by atoms with Crippen molar-refractivity contribution >= 4 is 17.6 Å². The summed E-state index contributed by atoms with van der Waals surface area (Å²) in [5, 5.41) is 21.9. The van der Waals surface area contributed by atoms with E-state index in [2.05, 4.69) is 5.32 Å². The molecule has 0 saturated heterocycles. The molecule has 108 valence electrons. The molecule has 8 heteroatoms. The van der Waals surface area contributed by atoms with Gasteiger partial charge in [0.2, 0.25) is 0 Å². The third-order valence-corrected chi connectivity index (χ3v) is 2.62. The molecule has 0 aromatic heterocycles. The average molecular weight is 284 g/mol. The van der Waals surface area contributed by atoms with Gasteiger partial charge in [0.25, 0.3) is 11.6 Å². The second kappa shape index (κ2) is 6.09. The number of hydrogen-bond acceptors (Lipinski definition) is 4. The molecular formula is C12H13FN2O5. The van der Waals surface area contributed by atoms with Crippen LogP contribution in [0.4, 0.5) is 10.1 Å². The Kier molecular flexibility index (Phi) is 4.73. The highest BCUT2D eigenvalue weighted by molar-refractivity contribution is 6.00. The standard InChI is InChI=1S/C12H13FN2O5/c1-6(2)10(12(17)18)14-11(16)8-5-7(13)3-4-9(8)15(19)20/h3-6,10H,1-2H3,(H,14,16)(H,17,18)/t10-/m0/s1. The summed E-state index contributed by atoms with van der Waals surface area (Å²) < 4.78 is 13.1. The smallest absolute Gasteiger partial charge is 0.326 e. The summed E-state index contributed by atoms with van der Waals surface area (Å²) in [4.78, 5) is 32.8. The Hall–Kier alpha value is -2.51. The van der Waals surface area contributed by atoms with Crippen molar-refractivity contribution in [1.82, 2.24) is 5.32 Å². The van der Waals surface area contributed by atoms with Crippen molar-refractivity contribution in [3.8, 4) is 0 Å². The summed E-state index contributed by atoms with van der Waals surface area (Å²) in [6, 6.07) is 1.19. The highest BCUT2D eigenvalue weighted by atomic mass is 19.1. The van der Waals surface area contributed by atoms with Crippen molar-refractivity contribution in [1.29, 1.82) is 0 Å². The molecule has 0 bridgehead atoms. The van der Waals surface area contributed by atoms with E-state index in [-0.39, 0.29) is 0 Å². The van der Waals surface area contributed by atoms with E-state index in [0.29, 0.717) is 6.07 Å². The monoisotopic (exact) mass is 284 g/mol. The fourth-order valence-electron chi connectivity index (χ4n) is 1.58. The van der Waals surface area contributed by atoms with Crippen LogP contribution in [0.5, 0.6) is 0 Å². The molecule has 0 radical (unpaired) electrons. The number of aliphatic carboxylic acids is 1. The normalized spacial score (nSPS) is 12.0. The number of carboxylic acids is 1. The molecule has 1 aromatic carbocycles. The van der Waals surface area contributed by atoms with Crippen molar-refractivity contribution in [2.75, 3.05) is 0 Å². The summed E-state index contributed by atoms with van der Waals surface area (Å²) in [6.07, 6.45) is 0. The number of benzene rings is 1. The number of nitrogens with zero attached hydrogens (tertiary/aromatic N) is 1. The number of amides is 1. The number of carbonyl (C=O) groups is 2. The number of nitro benzene ring substituents is 1. The molecule has 1 atom stereocenters. The third kappa shape index (κ3) is 3.50. The second-order valence-electron chi connectivity index (χ2n) is 4.45. The van der Waals surface area contributed by atoms with Gasteiger partial charge in [0.1, 0.15) is 17.4 Å². The topological polar surface area (TPSA) is 110 Å². The lowest BCUT2D eigenvalue weighted by molar-refractivity contribution is -0.385. The predicted molar refractivity (Wildman–Crippen MR) is 66.8 cm³/mol. The first-order valence-corrected chi connectivity index (χ1v) is 5.71. The predicted octanol–water partition coefficient (Wildman–Crippen LogP) is 1.57. The van der Waals surface area contributed by atoms with Crippen molar-refractivity contribution in [3.63, 3.8) is 0 Å². The zero-order valence-electron chi connectivity index (χ0n) is 10.8. The lowest BCUT2D eigenvalue weighted by Gasteiger charge is -2.17. The van der Waals surface area contributed by atoms with Gasteiger partial charge >= 0.3 is 5.97 Å². The van der Waals surface area contributed by atoms with Crippen LogP contribution in [-0.2, 0) is 4.79 Å². The Morgan fingerprint density at radius 1 is 1.40 bits per heavy atom. The molecule has 20 heavy (non-hydrogen) atoms. The first-order chi connectivity index (χ1) is 9.23. The molecule has 7 nitrogen and oxygen atoms in total. The van der Waals surface area contributed by atoms with Gasteiger partial charge in [0.05, 0.1) is 4.92 Å². The quantitative estimate of drug-likeness (QED) is 0.630. The van der Waals surface area contributed by atoms with E-state index in [9.17, 15) is 24.1 Å². The molecule has 0 aliphatic heterocycles. The van der Waals surface area contributed by atoms with Crippen LogP contribution < -0.4 is 5.32 Å². The van der Waals surface area contributed by atoms with E-state index in [0.717, 1.165) is 12.1 Å². The molecule has 0 aliphatic carbocycles. The van der Waals surface area contributed by atoms with Crippen molar-refractivity contribution in [3.05, 3.63) is 39.7 Å². The van der Waals surface area contributed by atoms with Crippen LogP contribution in [0.2, 0.25) is 0 Å². The minimum Gasteiger partial charge on any atom is -0.480 e. The third-order valence-electron chi connectivity index (χ3n) is 2.62. The van der Waals surface area contributed by atoms with Gasteiger partial charge < -0.3 is 10.4 Å². The molecular weight excluding hydrogens is 271 g/mol. The number of carbonyl (C=O) groups excluding carboxylic acids is 1. The lowest BCUT2D eigenvalue weighted by Crippen LogP contribution is -2.44. The van der Waals surface area contributed by atoms with E-state index in [1.807, 2.05) is 0 Å². The molecule has 0 spiro atoms. The molecule has 0 saturated carbocycles. The summed E-state index contributed by atoms with van der Waals surface area (Å²) in [5.41, 5.74) is -1.10. The van der Waals surface area contributed by atoms with Crippen molar-refractivity contribution in [2.45, 2.75) is 19.9 Å². The van der Waals surface area contributed by atoms with E-state index < -0.39 is 45.8 Å². The minimum atomic E-state index is -1.27. The number of carboxylic acid groups (broad SMARTS) is 1. The number of halogens is 1. The van der Waals surface area contributed by atoms with Crippen LogP contribution in [0.1, 0.15) is 24.2 Å². The number of rotatable bonds is 5. The Morgan fingerprint density at radius 3 is 2.45 bits per heavy atom. The molecule has 0 heterocycles. The lowest BCUT2D eigenvalue weighted by atomic mass is 10.0. The van der Waals surface area contributed by atoms with Gasteiger partial charge in [-0.2, -0.15) is 0 Å². The molecule has 1 aromatic rings. The maximum absolute atomic E-state index is 13.1. The maximum atomic E-state index is 13.1. The van der Waals surface area contributed by atoms with Gasteiger partial charge in [-0.15, -0.1) is 0 Å². The molecule has 0 unspecified atom stereocenters. The van der Waals surface area contributed by atoms with Gasteiger partial charge in [-0.1, -0.05) is 13.8 Å². The average Bonchev–Trinajstić information content (AvgIpc) is 2.34. The van der Waals surface area contributed by atoms with Gasteiger partial charge in [0, 0.05) is 6.07 Å². The van der Waals surface area contributed by atoms with E-state index >= 15 is 0 Å². The van der Waals surface area contributed by atoms with Crippen LogP contribution in [0, 0.1) is 21.8 Å². The Labute approximate surface area is 113 Å². The van der Waals surface area contributed by atoms with Crippen molar-refractivity contribution < 1.29 is 24.0 Å². The fourth-order valence-corrected chi connectivity index (χ4v) is 1.58. The number of nitro groups is 1. The zero-order valence-corrected chi connectivity index (χ0v) is 10.8. The molecule has 2 N–H and O–H groups in total. The van der Waals surface area contributed by atoms with Crippen LogP contribution in [0.15, 0.2) is 18.2 Å². The number of nitrogens with one attached hydrogen (secondary N) is 1. The summed E-state index contributed by atoms with van der Waals surface area (Å²) in [6.45, 7) is 3.14. The number of hydrogen-bond donors (Lipinski definition) is 2.